The van der Waals surface area contributed by atoms with Gasteiger partial charge in [-0.05, 0) is 38.3 Å². The maximum absolute atomic E-state index is 9.38. The summed E-state index contributed by atoms with van der Waals surface area (Å²) in [6.45, 7) is 4.35. The Morgan fingerprint density at radius 1 is 1.43 bits per heavy atom. The molecule has 1 aromatic carbocycles. The molecule has 6 heteroatoms. The van der Waals surface area contributed by atoms with Crippen LogP contribution in [0.4, 0.5) is 0 Å². The van der Waals surface area contributed by atoms with Crippen LogP contribution in [-0.4, -0.2) is 38.8 Å². The van der Waals surface area contributed by atoms with Crippen LogP contribution >= 0.6 is 23.4 Å². The fourth-order valence-electron chi connectivity index (χ4n) is 2.59. The zero-order valence-electron chi connectivity index (χ0n) is 12.8. The Morgan fingerprint density at radius 3 is 2.76 bits per heavy atom. The number of aryl methyl sites for hydroxylation is 1. The fraction of sp³-hybridized carbons (Fsp3) is 0.533. The van der Waals surface area contributed by atoms with Crippen LogP contribution < -0.4 is 5.32 Å². The van der Waals surface area contributed by atoms with E-state index in [0.717, 1.165) is 16.9 Å². The van der Waals surface area contributed by atoms with Gasteiger partial charge in [0, 0.05) is 23.4 Å². The van der Waals surface area contributed by atoms with E-state index >= 15 is 0 Å². The van der Waals surface area contributed by atoms with Gasteiger partial charge >= 0.3 is 0 Å². The smallest absolute Gasteiger partial charge is 0.126 e. The number of hydrogen-bond donors (Lipinski definition) is 2. The van der Waals surface area contributed by atoms with E-state index in [1.54, 1.807) is 11.8 Å². The van der Waals surface area contributed by atoms with Crippen molar-refractivity contribution in [3.8, 4) is 0 Å². The van der Waals surface area contributed by atoms with Gasteiger partial charge in [0.25, 0.3) is 0 Å². The van der Waals surface area contributed by atoms with E-state index in [0.29, 0.717) is 5.02 Å². The van der Waals surface area contributed by atoms with Crippen LogP contribution in [0, 0.1) is 0 Å². The summed E-state index contributed by atoms with van der Waals surface area (Å²) in [5.41, 5.74) is 1.98. The van der Waals surface area contributed by atoms with Crippen molar-refractivity contribution in [2.24, 2.45) is 7.05 Å². The van der Waals surface area contributed by atoms with Gasteiger partial charge in [0.2, 0.25) is 0 Å². The lowest BCUT2D eigenvalue weighted by Crippen LogP contribution is -2.39. The SMILES string of the molecule is CS[C@H](CO)[C@@H](C)N[C@H](C)c1nc2cc(Cl)ccc2n1C. The highest BCUT2D eigenvalue weighted by Crippen LogP contribution is 2.23. The van der Waals surface area contributed by atoms with Crippen molar-refractivity contribution in [1.29, 1.82) is 0 Å². The van der Waals surface area contributed by atoms with E-state index in [2.05, 4.69) is 28.7 Å². The molecule has 2 aromatic rings. The summed E-state index contributed by atoms with van der Waals surface area (Å²) in [6.07, 6.45) is 2.01. The predicted molar refractivity (Wildman–Crippen MR) is 91.1 cm³/mol. The molecule has 0 radical (unpaired) electrons. The third-order valence-electron chi connectivity index (χ3n) is 3.82. The molecule has 2 N–H and O–H groups in total. The van der Waals surface area contributed by atoms with Crippen molar-refractivity contribution < 1.29 is 5.11 Å². The van der Waals surface area contributed by atoms with Crippen molar-refractivity contribution in [3.05, 3.63) is 29.0 Å². The van der Waals surface area contributed by atoms with Crippen LogP contribution in [0.25, 0.3) is 11.0 Å². The lowest BCUT2D eigenvalue weighted by molar-refractivity contribution is 0.270. The Bertz CT molecular complexity index is 612. The first-order valence-corrected chi connectivity index (χ1v) is 8.66. The second-order valence-electron chi connectivity index (χ2n) is 5.30. The molecule has 21 heavy (non-hydrogen) atoms. The van der Waals surface area contributed by atoms with Gasteiger partial charge in [-0.2, -0.15) is 11.8 Å². The number of aliphatic hydroxyl groups excluding tert-OH is 1. The quantitative estimate of drug-likeness (QED) is 0.856. The molecular formula is C15H22ClN3OS. The third kappa shape index (κ3) is 3.54. The zero-order valence-corrected chi connectivity index (χ0v) is 14.4. The maximum Gasteiger partial charge on any atom is 0.126 e. The number of aromatic nitrogens is 2. The highest BCUT2D eigenvalue weighted by Gasteiger charge is 2.21. The number of nitrogens with one attached hydrogen (secondary N) is 1. The summed E-state index contributed by atoms with van der Waals surface area (Å²) >= 11 is 7.70. The first kappa shape index (κ1) is 16.6. The molecule has 1 aromatic heterocycles. The van der Waals surface area contributed by atoms with E-state index in [9.17, 15) is 5.11 Å². The van der Waals surface area contributed by atoms with E-state index < -0.39 is 0 Å². The molecular weight excluding hydrogens is 306 g/mol. The van der Waals surface area contributed by atoms with Crippen LogP contribution in [0.3, 0.4) is 0 Å². The Labute approximate surface area is 134 Å². The third-order valence-corrected chi connectivity index (χ3v) is 5.22. The Hall–Kier alpha value is -0.750. The fourth-order valence-corrected chi connectivity index (χ4v) is 3.39. The highest BCUT2D eigenvalue weighted by molar-refractivity contribution is 7.99. The summed E-state index contributed by atoms with van der Waals surface area (Å²) in [6, 6.07) is 6.05. The number of benzene rings is 1. The van der Waals surface area contributed by atoms with Gasteiger partial charge in [-0.15, -0.1) is 0 Å². The highest BCUT2D eigenvalue weighted by atomic mass is 35.5. The standard InChI is InChI=1S/C15H22ClN3OS/c1-9(14(8-20)21-4)17-10(2)15-18-12-7-11(16)5-6-13(12)19(15)3/h5-7,9-10,14,17,20H,8H2,1-4H3/t9-,10-,14-/m1/s1. The van der Waals surface area contributed by atoms with Gasteiger partial charge in [0.15, 0.2) is 0 Å². The number of aliphatic hydroxyl groups is 1. The molecule has 0 fully saturated rings. The number of halogens is 1. The summed E-state index contributed by atoms with van der Waals surface area (Å²) < 4.78 is 2.09. The van der Waals surface area contributed by atoms with Gasteiger partial charge in [-0.3, -0.25) is 0 Å². The number of rotatable bonds is 6. The van der Waals surface area contributed by atoms with E-state index in [4.69, 9.17) is 11.6 Å². The summed E-state index contributed by atoms with van der Waals surface area (Å²) in [7, 11) is 2.01. The monoisotopic (exact) mass is 327 g/mol. The molecule has 4 nitrogen and oxygen atoms in total. The molecule has 0 aliphatic rings. The van der Waals surface area contributed by atoms with Gasteiger partial charge in [-0.1, -0.05) is 11.6 Å². The lowest BCUT2D eigenvalue weighted by atomic mass is 10.2. The maximum atomic E-state index is 9.38. The lowest BCUT2D eigenvalue weighted by Gasteiger charge is -2.25. The number of imidazole rings is 1. The number of thioether (sulfide) groups is 1. The molecule has 0 saturated heterocycles. The summed E-state index contributed by atoms with van der Waals surface area (Å²) in [4.78, 5) is 4.68. The Morgan fingerprint density at radius 2 is 2.14 bits per heavy atom. The van der Waals surface area contributed by atoms with Crippen LogP contribution in [0.5, 0.6) is 0 Å². The molecule has 0 saturated carbocycles. The van der Waals surface area contributed by atoms with Crippen molar-refractivity contribution in [1.82, 2.24) is 14.9 Å². The normalized spacial score (nSPS) is 16.1. The number of nitrogens with zero attached hydrogens (tertiary/aromatic N) is 2. The van der Waals surface area contributed by atoms with E-state index in [1.165, 1.54) is 0 Å². The van der Waals surface area contributed by atoms with E-state index in [-0.39, 0.29) is 23.9 Å². The zero-order chi connectivity index (χ0) is 15.6. The number of hydrogen-bond acceptors (Lipinski definition) is 4. The minimum atomic E-state index is 0.0948. The Balaban J connectivity index is 2.23. The van der Waals surface area contributed by atoms with Crippen molar-refractivity contribution >= 4 is 34.4 Å². The molecule has 1 heterocycles. The minimum Gasteiger partial charge on any atom is -0.395 e. The van der Waals surface area contributed by atoms with Crippen LogP contribution in [-0.2, 0) is 7.05 Å². The van der Waals surface area contributed by atoms with Gasteiger partial charge < -0.3 is 15.0 Å². The first-order chi connectivity index (χ1) is 9.97. The molecule has 3 atom stereocenters. The summed E-state index contributed by atoms with van der Waals surface area (Å²) in [5, 5.41) is 13.8. The van der Waals surface area contributed by atoms with Crippen LogP contribution in [0.2, 0.25) is 5.02 Å². The average Bonchev–Trinajstić information content (AvgIpc) is 2.76. The molecule has 2 rings (SSSR count). The van der Waals surface area contributed by atoms with Crippen LogP contribution in [0.15, 0.2) is 18.2 Å². The van der Waals surface area contributed by atoms with Gasteiger partial charge in [0.05, 0.1) is 23.7 Å². The molecule has 0 spiro atoms. The topological polar surface area (TPSA) is 50.1 Å². The van der Waals surface area contributed by atoms with Crippen LogP contribution in [0.1, 0.15) is 25.7 Å². The Kier molecular flexibility index (Phi) is 5.54. The molecule has 0 aliphatic heterocycles. The average molecular weight is 328 g/mol. The minimum absolute atomic E-state index is 0.0948. The van der Waals surface area contributed by atoms with Gasteiger partial charge in [-0.25, -0.2) is 4.98 Å². The first-order valence-electron chi connectivity index (χ1n) is 6.99. The molecule has 0 bridgehead atoms. The van der Waals surface area contributed by atoms with E-state index in [1.807, 2.05) is 31.5 Å². The molecule has 0 aliphatic carbocycles. The second-order valence-corrected chi connectivity index (χ2v) is 6.81. The second kappa shape index (κ2) is 7.01. The van der Waals surface area contributed by atoms with Gasteiger partial charge in [0.1, 0.15) is 5.82 Å². The molecule has 116 valence electrons. The summed E-state index contributed by atoms with van der Waals surface area (Å²) in [5.74, 6) is 0.969. The predicted octanol–water partition coefficient (Wildman–Crippen LogP) is 2.99. The van der Waals surface area contributed by atoms with Crippen molar-refractivity contribution in [3.63, 3.8) is 0 Å². The van der Waals surface area contributed by atoms with Crippen molar-refractivity contribution in [2.75, 3.05) is 12.9 Å². The molecule has 0 unspecified atom stereocenters. The number of fused-ring (bicyclic) bond motifs is 1. The largest absolute Gasteiger partial charge is 0.395 e. The molecule has 0 amide bonds. The van der Waals surface area contributed by atoms with Crippen molar-refractivity contribution in [2.45, 2.75) is 31.2 Å².